The van der Waals surface area contributed by atoms with Gasteiger partial charge in [-0.25, -0.2) is 4.99 Å². The smallest absolute Gasteiger partial charge is 0.283 e. The zero-order valence-corrected chi connectivity index (χ0v) is 16.8. The molecule has 6 nitrogen and oxygen atoms in total. The molecular weight excluding hydrogens is 400 g/mol. The second-order valence-corrected chi connectivity index (χ2v) is 7.74. The Morgan fingerprint density at radius 1 is 1.43 bits per heavy atom. The van der Waals surface area contributed by atoms with Gasteiger partial charge in [0.25, 0.3) is 5.91 Å². The van der Waals surface area contributed by atoms with E-state index in [0.717, 1.165) is 25.2 Å². The molecule has 0 bridgehead atoms. The van der Waals surface area contributed by atoms with E-state index in [4.69, 9.17) is 25.5 Å². The third-order valence-electron chi connectivity index (χ3n) is 4.47. The van der Waals surface area contributed by atoms with E-state index in [0.29, 0.717) is 33.1 Å². The van der Waals surface area contributed by atoms with Gasteiger partial charge in [0.1, 0.15) is 17.2 Å². The predicted octanol–water partition coefficient (Wildman–Crippen LogP) is 4.60. The van der Waals surface area contributed by atoms with Crippen LogP contribution < -0.4 is 9.64 Å². The number of methoxy groups -OCH3 is 1. The normalized spacial score (nSPS) is 20.9. The third-order valence-corrected chi connectivity index (χ3v) is 5.83. The first-order valence-electron chi connectivity index (χ1n) is 8.92. The number of carbonyl (C=O) groups is 1. The van der Waals surface area contributed by atoms with Gasteiger partial charge >= 0.3 is 0 Å². The summed E-state index contributed by atoms with van der Waals surface area (Å²) in [5, 5.41) is 1.03. The lowest BCUT2D eigenvalue weighted by atomic mass is 10.2. The van der Waals surface area contributed by atoms with Crippen molar-refractivity contribution in [1.82, 2.24) is 0 Å². The van der Waals surface area contributed by atoms with Crippen LogP contribution in [0.3, 0.4) is 0 Å². The third kappa shape index (κ3) is 3.97. The second kappa shape index (κ2) is 8.43. The van der Waals surface area contributed by atoms with E-state index in [9.17, 15) is 4.79 Å². The fourth-order valence-corrected chi connectivity index (χ4v) is 4.40. The van der Waals surface area contributed by atoms with Crippen LogP contribution in [0.2, 0.25) is 5.02 Å². The molecule has 1 atom stereocenters. The summed E-state index contributed by atoms with van der Waals surface area (Å²) in [4.78, 5) is 19.2. The maximum Gasteiger partial charge on any atom is 0.283 e. The number of rotatable bonds is 5. The van der Waals surface area contributed by atoms with Gasteiger partial charge in [-0.15, -0.1) is 0 Å². The number of aliphatic imine (C=N–C) groups is 1. The van der Waals surface area contributed by atoms with Crippen molar-refractivity contribution < 1.29 is 18.7 Å². The zero-order chi connectivity index (χ0) is 19.5. The standard InChI is InChI=1S/C20H19ClN2O4S/c1-25-18-7-6-13(10-16(18)21)23-19(24)17(11-14-4-2-8-26-14)22-20(23)28-12-15-5-3-9-27-15/h2,4,6-8,10-11,15H,3,5,9,12H2,1H3/b17-11+/t15-/m0/s1. The highest BCUT2D eigenvalue weighted by atomic mass is 35.5. The summed E-state index contributed by atoms with van der Waals surface area (Å²) in [6.45, 7) is 0.790. The highest BCUT2D eigenvalue weighted by molar-refractivity contribution is 8.14. The molecule has 4 rings (SSSR count). The zero-order valence-electron chi connectivity index (χ0n) is 15.3. The molecule has 2 aliphatic rings. The largest absolute Gasteiger partial charge is 0.495 e. The predicted molar refractivity (Wildman–Crippen MR) is 111 cm³/mol. The van der Waals surface area contributed by atoms with Crippen LogP contribution in [-0.4, -0.2) is 36.6 Å². The van der Waals surface area contributed by atoms with E-state index in [-0.39, 0.29) is 12.0 Å². The number of anilines is 1. The molecule has 0 saturated carbocycles. The summed E-state index contributed by atoms with van der Waals surface area (Å²) in [5.41, 5.74) is 0.953. The van der Waals surface area contributed by atoms with Crippen LogP contribution >= 0.6 is 23.4 Å². The minimum absolute atomic E-state index is 0.183. The molecule has 1 fully saturated rings. The number of halogens is 1. The van der Waals surface area contributed by atoms with Gasteiger partial charge in [0.05, 0.1) is 30.2 Å². The van der Waals surface area contributed by atoms with Crippen LogP contribution in [0.1, 0.15) is 18.6 Å². The van der Waals surface area contributed by atoms with E-state index >= 15 is 0 Å². The van der Waals surface area contributed by atoms with E-state index in [2.05, 4.69) is 4.99 Å². The Morgan fingerprint density at radius 2 is 2.32 bits per heavy atom. The average molecular weight is 419 g/mol. The van der Waals surface area contributed by atoms with Crippen molar-refractivity contribution in [1.29, 1.82) is 0 Å². The number of nitrogens with zero attached hydrogens (tertiary/aromatic N) is 2. The molecule has 2 aliphatic heterocycles. The van der Waals surface area contributed by atoms with Gasteiger partial charge in [-0.05, 0) is 43.2 Å². The molecule has 146 valence electrons. The summed E-state index contributed by atoms with van der Waals surface area (Å²) in [5.74, 6) is 1.63. The van der Waals surface area contributed by atoms with E-state index in [1.54, 1.807) is 54.7 Å². The molecule has 1 aromatic heterocycles. The lowest BCUT2D eigenvalue weighted by Crippen LogP contribution is -2.31. The van der Waals surface area contributed by atoms with Gasteiger partial charge in [-0.2, -0.15) is 0 Å². The highest BCUT2D eigenvalue weighted by Crippen LogP contribution is 2.35. The molecule has 1 saturated heterocycles. The molecular formula is C20H19ClN2O4S. The molecule has 2 aromatic rings. The van der Waals surface area contributed by atoms with Crippen molar-refractivity contribution in [3.8, 4) is 5.75 Å². The van der Waals surface area contributed by atoms with Crippen LogP contribution in [0, 0.1) is 0 Å². The summed E-state index contributed by atoms with van der Waals surface area (Å²) >= 11 is 7.78. The average Bonchev–Trinajstić information content (AvgIpc) is 3.43. The number of thioether (sulfide) groups is 1. The van der Waals surface area contributed by atoms with Crippen LogP contribution in [0.15, 0.2) is 51.7 Å². The minimum atomic E-state index is -0.229. The molecule has 1 aromatic carbocycles. The Balaban J connectivity index is 1.64. The maximum absolute atomic E-state index is 13.1. The Labute approximate surface area is 172 Å². The highest BCUT2D eigenvalue weighted by Gasteiger charge is 2.33. The Morgan fingerprint density at radius 3 is 3.00 bits per heavy atom. The van der Waals surface area contributed by atoms with Crippen molar-refractivity contribution in [2.45, 2.75) is 18.9 Å². The lowest BCUT2D eigenvalue weighted by Gasteiger charge is -2.19. The minimum Gasteiger partial charge on any atom is -0.495 e. The molecule has 0 radical (unpaired) electrons. The molecule has 0 spiro atoms. The number of amides is 1. The van der Waals surface area contributed by atoms with Gasteiger partial charge in [0, 0.05) is 18.4 Å². The van der Waals surface area contributed by atoms with Gasteiger partial charge in [-0.1, -0.05) is 23.4 Å². The van der Waals surface area contributed by atoms with Crippen LogP contribution in [0.5, 0.6) is 5.75 Å². The first kappa shape index (κ1) is 19.1. The van der Waals surface area contributed by atoms with E-state index in [1.165, 1.54) is 11.8 Å². The number of hydrogen-bond acceptors (Lipinski definition) is 6. The van der Waals surface area contributed by atoms with Crippen molar-refractivity contribution >= 4 is 46.2 Å². The summed E-state index contributed by atoms with van der Waals surface area (Å²) in [7, 11) is 1.55. The first-order chi connectivity index (χ1) is 13.7. The van der Waals surface area contributed by atoms with Crippen LogP contribution in [0.4, 0.5) is 5.69 Å². The van der Waals surface area contributed by atoms with Crippen molar-refractivity contribution in [2.75, 3.05) is 24.4 Å². The van der Waals surface area contributed by atoms with Crippen molar-refractivity contribution in [3.63, 3.8) is 0 Å². The molecule has 0 unspecified atom stereocenters. The molecule has 3 heterocycles. The number of benzene rings is 1. The molecule has 0 aliphatic carbocycles. The summed E-state index contributed by atoms with van der Waals surface area (Å²) < 4.78 is 16.2. The van der Waals surface area contributed by atoms with Gasteiger partial charge in [0.15, 0.2) is 5.17 Å². The monoisotopic (exact) mass is 418 g/mol. The Hall–Kier alpha value is -2.22. The van der Waals surface area contributed by atoms with Crippen molar-refractivity contribution in [2.24, 2.45) is 4.99 Å². The number of ether oxygens (including phenoxy) is 2. The number of carbonyl (C=O) groups excluding carboxylic acids is 1. The number of amidine groups is 1. The fraction of sp³-hybridized carbons (Fsp3) is 0.300. The Bertz CT molecular complexity index is 920. The summed E-state index contributed by atoms with van der Waals surface area (Å²) in [6, 6.07) is 8.78. The maximum atomic E-state index is 13.1. The van der Waals surface area contributed by atoms with E-state index in [1.807, 2.05) is 0 Å². The van der Waals surface area contributed by atoms with Crippen LogP contribution in [0.25, 0.3) is 6.08 Å². The first-order valence-corrected chi connectivity index (χ1v) is 10.3. The molecule has 8 heteroatoms. The lowest BCUT2D eigenvalue weighted by molar-refractivity contribution is -0.113. The second-order valence-electron chi connectivity index (χ2n) is 6.34. The fourth-order valence-electron chi connectivity index (χ4n) is 3.07. The quantitative estimate of drug-likeness (QED) is 0.664. The molecule has 0 N–H and O–H groups in total. The molecule has 1 amide bonds. The van der Waals surface area contributed by atoms with Gasteiger partial charge in [0.2, 0.25) is 0 Å². The van der Waals surface area contributed by atoms with Gasteiger partial charge < -0.3 is 13.9 Å². The Kier molecular flexibility index (Phi) is 5.75. The number of hydrogen-bond donors (Lipinski definition) is 0. The van der Waals surface area contributed by atoms with E-state index < -0.39 is 0 Å². The molecule has 28 heavy (non-hydrogen) atoms. The van der Waals surface area contributed by atoms with Crippen LogP contribution in [-0.2, 0) is 9.53 Å². The van der Waals surface area contributed by atoms with Crippen molar-refractivity contribution in [3.05, 3.63) is 53.1 Å². The number of furan rings is 1. The van der Waals surface area contributed by atoms with Gasteiger partial charge in [-0.3, -0.25) is 9.69 Å². The summed E-state index contributed by atoms with van der Waals surface area (Å²) in [6.07, 6.45) is 5.47. The topological polar surface area (TPSA) is 64.3 Å². The SMILES string of the molecule is COc1ccc(N2C(=O)/C(=C\c3ccco3)N=C2SC[C@@H]2CCCO2)cc1Cl.